The van der Waals surface area contributed by atoms with Crippen molar-refractivity contribution >= 4 is 28.3 Å². The molecule has 9 heteroatoms. The number of aromatic nitrogens is 4. The highest BCUT2D eigenvalue weighted by Crippen LogP contribution is 2.27. The van der Waals surface area contributed by atoms with Crippen molar-refractivity contribution in [1.82, 2.24) is 19.9 Å². The van der Waals surface area contributed by atoms with Crippen LogP contribution in [0.5, 0.6) is 0 Å². The van der Waals surface area contributed by atoms with Gasteiger partial charge in [-0.05, 0) is 11.4 Å². The molecule has 0 aliphatic carbocycles. The van der Waals surface area contributed by atoms with Crippen molar-refractivity contribution in [3.63, 3.8) is 0 Å². The van der Waals surface area contributed by atoms with Crippen LogP contribution in [0, 0.1) is 0 Å². The molecule has 96 valence electrons. The fourth-order valence-corrected chi connectivity index (χ4v) is 2.45. The van der Waals surface area contributed by atoms with Gasteiger partial charge in [-0.2, -0.15) is 4.98 Å². The molecule has 3 heterocycles. The maximum atomic E-state index is 11.9. The Hall–Kier alpha value is -2.52. The number of thiophene rings is 1. The van der Waals surface area contributed by atoms with Crippen LogP contribution in [0.25, 0.3) is 21.6 Å². The Balaban J connectivity index is 2.49. The molecule has 0 aromatic carbocycles. The van der Waals surface area contributed by atoms with E-state index in [0.29, 0.717) is 5.69 Å². The lowest BCUT2D eigenvalue weighted by Crippen LogP contribution is -2.24. The molecule has 0 atom stereocenters. The molecule has 0 fully saturated rings. The minimum atomic E-state index is -0.628. The van der Waals surface area contributed by atoms with Crippen molar-refractivity contribution < 1.29 is 0 Å². The van der Waals surface area contributed by atoms with Crippen LogP contribution in [0.1, 0.15) is 0 Å². The zero-order valence-electron chi connectivity index (χ0n) is 9.43. The van der Waals surface area contributed by atoms with E-state index >= 15 is 0 Å². The zero-order valence-corrected chi connectivity index (χ0v) is 10.2. The van der Waals surface area contributed by atoms with Gasteiger partial charge in [0.1, 0.15) is 11.1 Å². The zero-order chi connectivity index (χ0) is 13.4. The number of fused-ring (bicyclic) bond motifs is 1. The summed E-state index contributed by atoms with van der Waals surface area (Å²) in [5, 5.41) is 2.08. The summed E-state index contributed by atoms with van der Waals surface area (Å²) in [5.41, 5.74) is 1.70. The molecule has 0 amide bonds. The van der Waals surface area contributed by atoms with Crippen molar-refractivity contribution in [3.05, 3.63) is 38.4 Å². The van der Waals surface area contributed by atoms with E-state index < -0.39 is 11.2 Å². The van der Waals surface area contributed by atoms with Crippen molar-refractivity contribution in [1.29, 1.82) is 0 Å². The van der Waals surface area contributed by atoms with Crippen molar-refractivity contribution in [3.8, 4) is 10.6 Å². The van der Waals surface area contributed by atoms with Gasteiger partial charge in [0.15, 0.2) is 5.65 Å². The van der Waals surface area contributed by atoms with Gasteiger partial charge < -0.3 is 0 Å². The number of rotatable bonds is 2. The Kier molecular flexibility index (Phi) is 2.62. The number of hydrazine groups is 1. The first kappa shape index (κ1) is 11.6. The maximum absolute atomic E-state index is 11.9. The summed E-state index contributed by atoms with van der Waals surface area (Å²) in [6.45, 7) is 0. The second-order valence-electron chi connectivity index (χ2n) is 3.65. The summed E-state index contributed by atoms with van der Waals surface area (Å²) >= 11 is 1.42. The third-order valence-corrected chi connectivity index (χ3v) is 3.36. The lowest BCUT2D eigenvalue weighted by atomic mass is 10.2. The number of hydrogen-bond acceptors (Lipinski definition) is 7. The lowest BCUT2D eigenvalue weighted by molar-refractivity contribution is 1.04. The van der Waals surface area contributed by atoms with E-state index in [1.807, 2.05) is 17.5 Å². The van der Waals surface area contributed by atoms with E-state index in [9.17, 15) is 9.59 Å². The number of aromatic amines is 2. The van der Waals surface area contributed by atoms with Crippen LogP contribution in [-0.4, -0.2) is 19.9 Å². The summed E-state index contributed by atoms with van der Waals surface area (Å²) in [5.74, 6) is 5.41. The van der Waals surface area contributed by atoms with E-state index in [-0.39, 0.29) is 17.0 Å². The molecule has 3 rings (SSSR count). The molecule has 0 spiro atoms. The van der Waals surface area contributed by atoms with E-state index in [1.54, 1.807) is 0 Å². The first-order chi connectivity index (χ1) is 9.19. The smallest absolute Gasteiger partial charge is 0.292 e. The van der Waals surface area contributed by atoms with Gasteiger partial charge in [-0.1, -0.05) is 6.07 Å². The van der Waals surface area contributed by atoms with Crippen LogP contribution in [0.4, 0.5) is 5.95 Å². The summed E-state index contributed by atoms with van der Waals surface area (Å²) in [6.07, 6.45) is 0. The molecule has 0 radical (unpaired) electrons. The standard InChI is InChI=1S/C10H8N6O2S/c11-16-9-12-6(4-2-1-3-19-4)5-7(13-9)14-10(18)15-8(5)17/h1-3H,11H2,(H3,12,13,14,15,16,17,18). The van der Waals surface area contributed by atoms with Gasteiger partial charge in [-0.25, -0.2) is 15.6 Å². The molecule has 3 aromatic heterocycles. The van der Waals surface area contributed by atoms with Gasteiger partial charge in [-0.3, -0.25) is 20.2 Å². The van der Waals surface area contributed by atoms with Crippen LogP contribution in [0.15, 0.2) is 27.1 Å². The van der Waals surface area contributed by atoms with E-state index in [0.717, 1.165) is 4.88 Å². The van der Waals surface area contributed by atoms with Crippen LogP contribution < -0.4 is 22.5 Å². The predicted molar refractivity (Wildman–Crippen MR) is 71.9 cm³/mol. The highest BCUT2D eigenvalue weighted by Gasteiger charge is 2.14. The average Bonchev–Trinajstić information content (AvgIpc) is 2.90. The summed E-state index contributed by atoms with van der Waals surface area (Å²) in [4.78, 5) is 36.7. The third kappa shape index (κ3) is 1.90. The number of nitrogens with one attached hydrogen (secondary N) is 3. The van der Waals surface area contributed by atoms with Gasteiger partial charge in [0, 0.05) is 0 Å². The Morgan fingerprint density at radius 1 is 1.26 bits per heavy atom. The Bertz CT molecular complexity index is 851. The Morgan fingerprint density at radius 3 is 2.79 bits per heavy atom. The Labute approximate surface area is 109 Å². The SMILES string of the molecule is NNc1nc(-c2cccs2)c2c(=O)[nH]c(=O)[nH]c2n1. The molecule has 19 heavy (non-hydrogen) atoms. The topological polar surface area (TPSA) is 130 Å². The van der Waals surface area contributed by atoms with Crippen LogP contribution in [0.2, 0.25) is 0 Å². The summed E-state index contributed by atoms with van der Waals surface area (Å²) < 4.78 is 0. The summed E-state index contributed by atoms with van der Waals surface area (Å²) in [7, 11) is 0. The number of anilines is 1. The molecule has 0 bridgehead atoms. The van der Waals surface area contributed by atoms with Crippen LogP contribution in [-0.2, 0) is 0 Å². The number of nitrogens with zero attached hydrogens (tertiary/aromatic N) is 2. The fourth-order valence-electron chi connectivity index (χ4n) is 1.73. The van der Waals surface area contributed by atoms with Crippen LogP contribution in [0.3, 0.4) is 0 Å². The quantitative estimate of drug-likeness (QED) is 0.385. The molecule has 0 unspecified atom stereocenters. The molecule has 3 aromatic rings. The molecule has 5 N–H and O–H groups in total. The molecule has 0 saturated carbocycles. The predicted octanol–water partition coefficient (Wildman–Crippen LogP) is 0.0205. The van der Waals surface area contributed by atoms with Gasteiger partial charge in [0.05, 0.1) is 4.88 Å². The van der Waals surface area contributed by atoms with E-state index in [1.165, 1.54) is 11.3 Å². The molecule has 0 aliphatic heterocycles. The third-order valence-electron chi connectivity index (χ3n) is 2.48. The van der Waals surface area contributed by atoms with E-state index in [4.69, 9.17) is 5.84 Å². The second-order valence-corrected chi connectivity index (χ2v) is 4.60. The second kappa shape index (κ2) is 4.30. The maximum Gasteiger partial charge on any atom is 0.327 e. The van der Waals surface area contributed by atoms with Crippen molar-refractivity contribution in [2.24, 2.45) is 5.84 Å². The molecule has 0 aliphatic rings. The van der Waals surface area contributed by atoms with Crippen molar-refractivity contribution in [2.75, 3.05) is 5.43 Å². The first-order valence-corrected chi connectivity index (χ1v) is 6.12. The minimum absolute atomic E-state index is 0.122. The van der Waals surface area contributed by atoms with Crippen LogP contribution >= 0.6 is 11.3 Å². The molecular weight excluding hydrogens is 268 g/mol. The molecular formula is C10H8N6O2S. The number of nitrogen functional groups attached to an aromatic ring is 1. The van der Waals surface area contributed by atoms with Crippen molar-refractivity contribution in [2.45, 2.75) is 0 Å². The van der Waals surface area contributed by atoms with Gasteiger partial charge in [-0.15, -0.1) is 11.3 Å². The van der Waals surface area contributed by atoms with Gasteiger partial charge in [0.25, 0.3) is 5.56 Å². The molecule has 8 nitrogen and oxygen atoms in total. The largest absolute Gasteiger partial charge is 0.327 e. The van der Waals surface area contributed by atoms with E-state index in [2.05, 4.69) is 25.4 Å². The monoisotopic (exact) mass is 276 g/mol. The fraction of sp³-hybridized carbons (Fsp3) is 0. The number of nitrogens with two attached hydrogens (primary N) is 1. The minimum Gasteiger partial charge on any atom is -0.292 e. The highest BCUT2D eigenvalue weighted by molar-refractivity contribution is 7.13. The highest BCUT2D eigenvalue weighted by atomic mass is 32.1. The number of hydrogen-bond donors (Lipinski definition) is 4. The lowest BCUT2D eigenvalue weighted by Gasteiger charge is -2.05. The van der Waals surface area contributed by atoms with Gasteiger partial charge in [0.2, 0.25) is 5.95 Å². The molecule has 0 saturated heterocycles. The number of H-pyrrole nitrogens is 2. The average molecular weight is 276 g/mol. The summed E-state index contributed by atoms with van der Waals surface area (Å²) in [6, 6.07) is 3.65. The Morgan fingerprint density at radius 2 is 2.11 bits per heavy atom. The first-order valence-electron chi connectivity index (χ1n) is 5.24. The normalized spacial score (nSPS) is 10.8. The van der Waals surface area contributed by atoms with Gasteiger partial charge >= 0.3 is 5.69 Å².